The number of aromatic nitrogens is 1. The van der Waals surface area contributed by atoms with Gasteiger partial charge in [0.2, 0.25) is 0 Å². The fourth-order valence-corrected chi connectivity index (χ4v) is 1.79. The van der Waals surface area contributed by atoms with E-state index in [0.717, 1.165) is 29.1 Å². The molecule has 1 aromatic heterocycles. The first-order valence-electron chi connectivity index (χ1n) is 5.08. The van der Waals surface area contributed by atoms with Crippen LogP contribution < -0.4 is 5.32 Å². The largest absolute Gasteiger partial charge is 0.340 e. The van der Waals surface area contributed by atoms with Gasteiger partial charge in [-0.15, -0.1) is 0 Å². The van der Waals surface area contributed by atoms with Crippen molar-refractivity contribution >= 4 is 23.5 Å². The summed E-state index contributed by atoms with van der Waals surface area (Å²) in [6.45, 7) is 0. The first kappa shape index (κ1) is 11.9. The number of hydrogen-bond acceptors (Lipinski definition) is 5. The number of benzene rings is 1. The summed E-state index contributed by atoms with van der Waals surface area (Å²) in [5.74, 6) is 1.39. The Morgan fingerprint density at radius 1 is 1.24 bits per heavy atom. The van der Waals surface area contributed by atoms with Crippen molar-refractivity contribution in [3.63, 3.8) is 0 Å². The minimum atomic E-state index is 0.592. The summed E-state index contributed by atoms with van der Waals surface area (Å²) in [6.07, 6.45) is 1.74. The van der Waals surface area contributed by atoms with Crippen LogP contribution in [0.4, 0.5) is 11.5 Å². The van der Waals surface area contributed by atoms with Gasteiger partial charge < -0.3 is 5.32 Å². The quantitative estimate of drug-likeness (QED) is 0.482. The molecule has 0 amide bonds. The minimum Gasteiger partial charge on any atom is -0.340 e. The molecule has 5 heteroatoms. The molecule has 17 heavy (non-hydrogen) atoms. The molecule has 2 N–H and O–H groups in total. The fourth-order valence-electron chi connectivity index (χ4n) is 1.42. The first-order chi connectivity index (χ1) is 8.38. The fraction of sp³-hybridized carbons (Fsp3) is 0.0833. The van der Waals surface area contributed by atoms with Gasteiger partial charge in [-0.2, -0.15) is 4.33 Å². The predicted molar refractivity (Wildman–Crippen MR) is 69.0 cm³/mol. The molecule has 0 unspecified atom stereocenters. The molecule has 0 aliphatic heterocycles. The van der Waals surface area contributed by atoms with Crippen molar-refractivity contribution in [1.82, 2.24) is 4.98 Å². The predicted octanol–water partition coefficient (Wildman–Crippen LogP) is 3.46. The molecule has 2 rings (SSSR count). The van der Waals surface area contributed by atoms with Gasteiger partial charge in [-0.05, 0) is 29.8 Å². The van der Waals surface area contributed by atoms with Gasteiger partial charge in [0, 0.05) is 29.7 Å². The normalized spacial score (nSPS) is 10.2. The topological polar surface area (TPSA) is 54.4 Å². The van der Waals surface area contributed by atoms with Gasteiger partial charge in [-0.25, -0.2) is 10.2 Å². The lowest BCUT2D eigenvalue weighted by Crippen LogP contribution is -1.93. The Labute approximate surface area is 104 Å². The molecule has 4 nitrogen and oxygen atoms in total. The molecule has 0 aliphatic carbocycles. The van der Waals surface area contributed by atoms with Crippen LogP contribution in [-0.2, 0) is 10.1 Å². The van der Waals surface area contributed by atoms with E-state index in [1.54, 1.807) is 6.20 Å². The molecular formula is C12H12N2O2S. The summed E-state index contributed by atoms with van der Waals surface area (Å²) >= 11 is 0.988. The lowest BCUT2D eigenvalue weighted by Gasteiger charge is -2.06. The summed E-state index contributed by atoms with van der Waals surface area (Å²) in [6, 6.07) is 13.6. The number of nitrogens with one attached hydrogen (secondary N) is 1. The van der Waals surface area contributed by atoms with Crippen LogP contribution in [0.1, 0.15) is 5.56 Å². The van der Waals surface area contributed by atoms with Crippen LogP contribution in [0.2, 0.25) is 0 Å². The Kier molecular flexibility index (Phi) is 4.37. The summed E-state index contributed by atoms with van der Waals surface area (Å²) in [5, 5.41) is 11.5. The summed E-state index contributed by atoms with van der Waals surface area (Å²) in [7, 11) is 0. The number of nitrogens with zero attached hydrogens (tertiary/aromatic N) is 1. The van der Waals surface area contributed by atoms with E-state index in [1.165, 1.54) is 0 Å². The molecule has 88 valence electrons. The molecule has 0 bridgehead atoms. The third kappa shape index (κ3) is 3.74. The highest BCUT2D eigenvalue weighted by Gasteiger charge is 1.98. The molecule has 0 saturated heterocycles. The van der Waals surface area contributed by atoms with Crippen molar-refractivity contribution in [2.24, 2.45) is 0 Å². The smallest absolute Gasteiger partial charge is 0.130 e. The highest BCUT2D eigenvalue weighted by molar-refractivity contribution is 7.93. The van der Waals surface area contributed by atoms with Crippen molar-refractivity contribution < 1.29 is 9.59 Å². The van der Waals surface area contributed by atoms with E-state index in [0.29, 0.717) is 5.75 Å². The number of anilines is 2. The van der Waals surface area contributed by atoms with E-state index in [4.69, 9.17) is 5.26 Å². The van der Waals surface area contributed by atoms with E-state index in [9.17, 15) is 0 Å². The maximum absolute atomic E-state index is 8.27. The number of pyridine rings is 1. The molecular weight excluding hydrogens is 236 g/mol. The van der Waals surface area contributed by atoms with E-state index in [2.05, 4.69) is 14.6 Å². The zero-order valence-electron chi connectivity index (χ0n) is 9.04. The van der Waals surface area contributed by atoms with Crippen LogP contribution in [0.5, 0.6) is 0 Å². The molecule has 0 atom stereocenters. The van der Waals surface area contributed by atoms with Crippen LogP contribution >= 0.6 is 12.0 Å². The SMILES string of the molecule is OOSCc1cccc(Nc2ccccn2)c1. The van der Waals surface area contributed by atoms with Crippen LogP contribution in [-0.4, -0.2) is 10.2 Å². The molecule has 0 radical (unpaired) electrons. The van der Waals surface area contributed by atoms with Crippen molar-refractivity contribution in [1.29, 1.82) is 0 Å². The van der Waals surface area contributed by atoms with Gasteiger partial charge in [-0.3, -0.25) is 0 Å². The average Bonchev–Trinajstić information content (AvgIpc) is 2.38. The monoisotopic (exact) mass is 248 g/mol. The molecule has 1 heterocycles. The molecule has 1 aromatic carbocycles. The van der Waals surface area contributed by atoms with Gasteiger partial charge in [0.05, 0.1) is 0 Å². The molecule has 0 fully saturated rings. The Bertz CT molecular complexity index is 465. The zero-order chi connectivity index (χ0) is 11.9. The van der Waals surface area contributed by atoms with E-state index in [1.807, 2.05) is 42.5 Å². The highest BCUT2D eigenvalue weighted by atomic mass is 32.2. The maximum atomic E-state index is 8.27. The van der Waals surface area contributed by atoms with Gasteiger partial charge in [-0.1, -0.05) is 18.2 Å². The third-order valence-electron chi connectivity index (χ3n) is 2.14. The van der Waals surface area contributed by atoms with Crippen molar-refractivity contribution in [3.05, 3.63) is 54.2 Å². The van der Waals surface area contributed by atoms with Crippen molar-refractivity contribution in [2.75, 3.05) is 5.32 Å². The van der Waals surface area contributed by atoms with Crippen LogP contribution in [0.15, 0.2) is 48.7 Å². The summed E-state index contributed by atoms with van der Waals surface area (Å²) < 4.78 is 3.99. The lowest BCUT2D eigenvalue weighted by molar-refractivity contribution is -0.116. The number of hydrogen-bond donors (Lipinski definition) is 2. The van der Waals surface area contributed by atoms with E-state index in [-0.39, 0.29) is 0 Å². The Morgan fingerprint density at radius 3 is 2.94 bits per heavy atom. The van der Waals surface area contributed by atoms with Crippen molar-refractivity contribution in [2.45, 2.75) is 5.75 Å². The highest BCUT2D eigenvalue weighted by Crippen LogP contribution is 2.19. The Balaban J connectivity index is 2.06. The van der Waals surface area contributed by atoms with Gasteiger partial charge in [0.1, 0.15) is 5.82 Å². The Hall–Kier alpha value is -1.56. The van der Waals surface area contributed by atoms with Gasteiger partial charge in [0.15, 0.2) is 0 Å². The second-order valence-electron chi connectivity index (χ2n) is 3.38. The molecule has 0 spiro atoms. The third-order valence-corrected chi connectivity index (χ3v) is 2.70. The first-order valence-corrected chi connectivity index (χ1v) is 5.99. The van der Waals surface area contributed by atoms with Crippen molar-refractivity contribution in [3.8, 4) is 0 Å². The molecule has 0 aliphatic rings. The zero-order valence-corrected chi connectivity index (χ0v) is 9.85. The lowest BCUT2D eigenvalue weighted by atomic mass is 10.2. The van der Waals surface area contributed by atoms with Gasteiger partial charge >= 0.3 is 0 Å². The van der Waals surface area contributed by atoms with E-state index >= 15 is 0 Å². The van der Waals surface area contributed by atoms with Gasteiger partial charge in [0.25, 0.3) is 0 Å². The van der Waals surface area contributed by atoms with E-state index < -0.39 is 0 Å². The number of rotatable bonds is 5. The standard InChI is InChI=1S/C12H12N2O2S/c15-16-17-9-10-4-3-5-11(8-10)14-12-6-1-2-7-13-12/h1-8,15H,9H2,(H,13,14). The second-order valence-corrected chi connectivity index (χ2v) is 4.05. The minimum absolute atomic E-state index is 0.592. The van der Waals surface area contributed by atoms with Crippen LogP contribution in [0.3, 0.4) is 0 Å². The molecule has 2 aromatic rings. The summed E-state index contributed by atoms with van der Waals surface area (Å²) in [5.41, 5.74) is 2.02. The maximum Gasteiger partial charge on any atom is 0.130 e. The molecule has 0 saturated carbocycles. The van der Waals surface area contributed by atoms with Crippen LogP contribution in [0.25, 0.3) is 0 Å². The Morgan fingerprint density at radius 2 is 2.18 bits per heavy atom. The summed E-state index contributed by atoms with van der Waals surface area (Å²) in [4.78, 5) is 4.18. The van der Waals surface area contributed by atoms with Crippen LogP contribution in [0, 0.1) is 0 Å². The average molecular weight is 248 g/mol. The second kappa shape index (κ2) is 6.24.